The van der Waals surface area contributed by atoms with Gasteiger partial charge in [0.05, 0.1) is 0 Å². The minimum absolute atomic E-state index is 0. The first-order valence-electron chi connectivity index (χ1n) is 6.53. The fraction of sp³-hybridized carbons (Fsp3) is 0.500. The molecule has 0 saturated heterocycles. The molecule has 1 rings (SSSR count). The van der Waals surface area contributed by atoms with E-state index in [0.717, 1.165) is 37.7 Å². The molecule has 1 aromatic carbocycles. The molecule has 0 spiro atoms. The molecule has 0 saturated carbocycles. The molecule has 6 heteroatoms. The first kappa shape index (κ1) is 19.1. The van der Waals surface area contributed by atoms with Crippen molar-refractivity contribution < 1.29 is 9.13 Å². The number of rotatable bonds is 7. The molecule has 0 aromatic heterocycles. The van der Waals surface area contributed by atoms with Crippen molar-refractivity contribution in [3.05, 3.63) is 35.6 Å². The number of hydrogen-bond donors (Lipinski definition) is 2. The average molecular weight is 395 g/mol. The second-order valence-corrected chi connectivity index (χ2v) is 4.03. The molecule has 0 heterocycles. The van der Waals surface area contributed by atoms with Crippen LogP contribution in [0.5, 0.6) is 0 Å². The summed E-state index contributed by atoms with van der Waals surface area (Å²) in [5.74, 6) is 0.517. The van der Waals surface area contributed by atoms with Crippen molar-refractivity contribution in [2.75, 3.05) is 26.8 Å². The molecule has 0 amide bonds. The summed E-state index contributed by atoms with van der Waals surface area (Å²) in [5.41, 5.74) is 1.01. The van der Waals surface area contributed by atoms with E-state index in [-0.39, 0.29) is 29.8 Å². The SMILES string of the molecule is CCOCCCNC(=NC)NCc1ccc(F)cc1.I. The van der Waals surface area contributed by atoms with Gasteiger partial charge in [-0.15, -0.1) is 24.0 Å². The molecule has 4 nitrogen and oxygen atoms in total. The third kappa shape index (κ3) is 8.31. The minimum Gasteiger partial charge on any atom is -0.382 e. The third-order valence-corrected chi connectivity index (χ3v) is 2.56. The van der Waals surface area contributed by atoms with Gasteiger partial charge >= 0.3 is 0 Å². The predicted octanol–water partition coefficient (Wildman–Crippen LogP) is 2.54. The fourth-order valence-corrected chi connectivity index (χ4v) is 1.53. The van der Waals surface area contributed by atoms with E-state index in [2.05, 4.69) is 15.6 Å². The Morgan fingerprint density at radius 2 is 1.95 bits per heavy atom. The van der Waals surface area contributed by atoms with Crippen molar-refractivity contribution in [2.24, 2.45) is 4.99 Å². The Morgan fingerprint density at radius 3 is 2.55 bits per heavy atom. The van der Waals surface area contributed by atoms with Gasteiger partial charge in [0.25, 0.3) is 0 Å². The number of ether oxygens (including phenoxy) is 1. The topological polar surface area (TPSA) is 45.6 Å². The van der Waals surface area contributed by atoms with E-state index in [1.165, 1.54) is 12.1 Å². The summed E-state index contributed by atoms with van der Waals surface area (Å²) in [6.45, 7) is 4.90. The van der Waals surface area contributed by atoms with Crippen molar-refractivity contribution in [3.63, 3.8) is 0 Å². The van der Waals surface area contributed by atoms with Crippen LogP contribution >= 0.6 is 24.0 Å². The largest absolute Gasteiger partial charge is 0.382 e. The quantitative estimate of drug-likeness (QED) is 0.323. The second-order valence-electron chi connectivity index (χ2n) is 4.03. The van der Waals surface area contributed by atoms with Gasteiger partial charge in [-0.2, -0.15) is 0 Å². The van der Waals surface area contributed by atoms with Crippen molar-refractivity contribution >= 4 is 29.9 Å². The summed E-state index contributed by atoms with van der Waals surface area (Å²) in [6, 6.07) is 6.42. The number of guanidine groups is 1. The van der Waals surface area contributed by atoms with Crippen molar-refractivity contribution in [1.82, 2.24) is 10.6 Å². The zero-order valence-corrected chi connectivity index (χ0v) is 14.3. The number of nitrogens with one attached hydrogen (secondary N) is 2. The normalized spacial score (nSPS) is 10.8. The molecule has 0 bridgehead atoms. The predicted molar refractivity (Wildman–Crippen MR) is 91.1 cm³/mol. The molecule has 0 aliphatic heterocycles. The Hall–Kier alpha value is -0.890. The van der Waals surface area contributed by atoms with Crippen LogP contribution in [0.2, 0.25) is 0 Å². The van der Waals surface area contributed by atoms with Gasteiger partial charge in [-0.3, -0.25) is 4.99 Å². The van der Waals surface area contributed by atoms with E-state index in [1.54, 1.807) is 19.2 Å². The lowest BCUT2D eigenvalue weighted by Gasteiger charge is -2.11. The van der Waals surface area contributed by atoms with Gasteiger partial charge in [-0.05, 0) is 31.0 Å². The lowest BCUT2D eigenvalue weighted by atomic mass is 10.2. The lowest BCUT2D eigenvalue weighted by Crippen LogP contribution is -2.37. The van der Waals surface area contributed by atoms with Gasteiger partial charge in [0.2, 0.25) is 0 Å². The van der Waals surface area contributed by atoms with E-state index in [1.807, 2.05) is 6.92 Å². The Kier molecular flexibility index (Phi) is 11.4. The summed E-state index contributed by atoms with van der Waals surface area (Å²) in [4.78, 5) is 4.12. The van der Waals surface area contributed by atoms with Crippen molar-refractivity contribution in [2.45, 2.75) is 19.9 Å². The first-order valence-corrected chi connectivity index (χ1v) is 6.53. The monoisotopic (exact) mass is 395 g/mol. The molecule has 0 aliphatic carbocycles. The van der Waals surface area contributed by atoms with E-state index >= 15 is 0 Å². The maximum absolute atomic E-state index is 12.8. The van der Waals surface area contributed by atoms with Gasteiger partial charge < -0.3 is 15.4 Å². The van der Waals surface area contributed by atoms with Gasteiger partial charge in [-0.1, -0.05) is 12.1 Å². The highest BCUT2D eigenvalue weighted by atomic mass is 127. The van der Waals surface area contributed by atoms with Crippen LogP contribution in [0.1, 0.15) is 18.9 Å². The van der Waals surface area contributed by atoms with Gasteiger partial charge in [-0.25, -0.2) is 4.39 Å². The van der Waals surface area contributed by atoms with Crippen LogP contribution < -0.4 is 10.6 Å². The second kappa shape index (κ2) is 11.9. The van der Waals surface area contributed by atoms with Crippen molar-refractivity contribution in [3.8, 4) is 0 Å². The molecule has 20 heavy (non-hydrogen) atoms. The van der Waals surface area contributed by atoms with E-state index in [0.29, 0.717) is 6.54 Å². The number of aliphatic imine (C=N–C) groups is 1. The number of benzene rings is 1. The highest BCUT2D eigenvalue weighted by Crippen LogP contribution is 2.01. The van der Waals surface area contributed by atoms with E-state index in [4.69, 9.17) is 4.74 Å². The van der Waals surface area contributed by atoms with Crippen LogP contribution in [0.4, 0.5) is 4.39 Å². The summed E-state index contributed by atoms with van der Waals surface area (Å²) in [5, 5.41) is 6.37. The Balaban J connectivity index is 0.00000361. The Morgan fingerprint density at radius 1 is 1.25 bits per heavy atom. The molecular weight excluding hydrogens is 372 g/mol. The zero-order valence-electron chi connectivity index (χ0n) is 12.0. The summed E-state index contributed by atoms with van der Waals surface area (Å²) >= 11 is 0. The highest BCUT2D eigenvalue weighted by molar-refractivity contribution is 14.0. The summed E-state index contributed by atoms with van der Waals surface area (Å²) in [6.07, 6.45) is 0.936. The van der Waals surface area contributed by atoms with Gasteiger partial charge in [0, 0.05) is 33.4 Å². The maximum atomic E-state index is 12.8. The zero-order chi connectivity index (χ0) is 13.9. The van der Waals surface area contributed by atoms with Crippen molar-refractivity contribution in [1.29, 1.82) is 0 Å². The van der Waals surface area contributed by atoms with Gasteiger partial charge in [0.15, 0.2) is 5.96 Å². The van der Waals surface area contributed by atoms with Crippen LogP contribution in [0, 0.1) is 5.82 Å². The van der Waals surface area contributed by atoms with Gasteiger partial charge in [0.1, 0.15) is 5.82 Å². The van der Waals surface area contributed by atoms with Crippen LogP contribution in [0.25, 0.3) is 0 Å². The average Bonchev–Trinajstić information content (AvgIpc) is 2.44. The number of nitrogens with zero attached hydrogens (tertiary/aromatic N) is 1. The lowest BCUT2D eigenvalue weighted by molar-refractivity contribution is 0.145. The standard InChI is InChI=1S/C14H22FN3O.HI/c1-3-19-10-4-9-17-14(16-2)18-11-12-5-7-13(15)8-6-12;/h5-8H,3-4,9-11H2,1-2H3,(H2,16,17,18);1H. The Bertz CT molecular complexity index is 385. The summed E-state index contributed by atoms with van der Waals surface area (Å²) < 4.78 is 18.0. The van der Waals surface area contributed by atoms with Crippen LogP contribution in [0.15, 0.2) is 29.3 Å². The molecule has 0 aliphatic rings. The molecule has 2 N–H and O–H groups in total. The molecular formula is C14H23FIN3O. The fourth-order valence-electron chi connectivity index (χ4n) is 1.53. The maximum Gasteiger partial charge on any atom is 0.191 e. The minimum atomic E-state index is -0.220. The Labute approximate surface area is 137 Å². The number of hydrogen-bond acceptors (Lipinski definition) is 2. The number of halogens is 2. The third-order valence-electron chi connectivity index (χ3n) is 2.56. The molecule has 1 aromatic rings. The highest BCUT2D eigenvalue weighted by Gasteiger charge is 1.98. The molecule has 0 unspecified atom stereocenters. The molecule has 0 atom stereocenters. The summed E-state index contributed by atoms with van der Waals surface area (Å²) in [7, 11) is 1.72. The smallest absolute Gasteiger partial charge is 0.191 e. The van der Waals surface area contributed by atoms with Crippen LogP contribution in [0.3, 0.4) is 0 Å². The molecule has 0 radical (unpaired) electrons. The van der Waals surface area contributed by atoms with Crippen LogP contribution in [-0.4, -0.2) is 32.8 Å². The molecule has 114 valence electrons. The van der Waals surface area contributed by atoms with E-state index < -0.39 is 0 Å². The van der Waals surface area contributed by atoms with E-state index in [9.17, 15) is 4.39 Å². The molecule has 0 fully saturated rings. The first-order chi connectivity index (χ1) is 9.26. The van der Waals surface area contributed by atoms with Crippen LogP contribution in [-0.2, 0) is 11.3 Å².